The van der Waals surface area contributed by atoms with Crippen LogP contribution >= 0.6 is 0 Å². The minimum atomic E-state index is -4.61. The molecule has 0 aliphatic heterocycles. The Morgan fingerprint density at radius 1 is 1.00 bits per heavy atom. The zero-order valence-corrected chi connectivity index (χ0v) is 12.0. The second kappa shape index (κ2) is 9.64. The molecule has 0 bridgehead atoms. The fourth-order valence-electron chi connectivity index (χ4n) is 0. The fourth-order valence-corrected chi connectivity index (χ4v) is 0. The van der Waals surface area contributed by atoms with Gasteiger partial charge >= 0.3 is 87.8 Å². The van der Waals surface area contributed by atoms with Gasteiger partial charge in [0.1, 0.15) is 0 Å². The van der Waals surface area contributed by atoms with Crippen LogP contribution in [0.15, 0.2) is 0 Å². The largest absolute Gasteiger partial charge is 2.00 e. The molecular formula is H11AsCaMgO4Si. The average molecular weight is 242 g/mol. The Morgan fingerprint density at radius 3 is 1.00 bits per heavy atom. The van der Waals surface area contributed by atoms with Gasteiger partial charge in [0, 0.05) is 0 Å². The topological polar surface area (TPSA) is 80.9 Å². The van der Waals surface area contributed by atoms with Crippen molar-refractivity contribution >= 4 is 87.8 Å². The van der Waals surface area contributed by atoms with E-state index < -0.39 is 9.05 Å². The van der Waals surface area contributed by atoms with Gasteiger partial charge in [-0.2, -0.15) is 0 Å². The molecule has 0 aliphatic rings. The van der Waals surface area contributed by atoms with Crippen LogP contribution in [0, 0.1) is 0 Å². The van der Waals surface area contributed by atoms with Crippen molar-refractivity contribution in [2.75, 3.05) is 0 Å². The molecule has 0 fully saturated rings. The summed E-state index contributed by atoms with van der Waals surface area (Å²) in [5, 5.41) is 0. The molecule has 0 amide bonds. The molecule has 0 radical (unpaired) electrons. The minimum Gasteiger partial charge on any atom is -1.00 e. The zero-order valence-electron chi connectivity index (χ0n) is 8.41. The third-order valence-corrected chi connectivity index (χ3v) is 0. The SMILES string of the molecule is O[Si](O)(O)O.[AsH3].[Ca+2].[H-].[H-].[H-].[H-].[Mg+2]. The van der Waals surface area contributed by atoms with E-state index in [1.165, 1.54) is 0 Å². The summed E-state index contributed by atoms with van der Waals surface area (Å²) in [5.74, 6) is 0. The summed E-state index contributed by atoms with van der Waals surface area (Å²) in [6.45, 7) is 0. The summed E-state index contributed by atoms with van der Waals surface area (Å²) in [4.78, 5) is 29.3. The molecule has 0 aromatic carbocycles. The van der Waals surface area contributed by atoms with E-state index in [9.17, 15) is 0 Å². The molecule has 4 N–H and O–H groups in total. The Morgan fingerprint density at radius 2 is 1.00 bits per heavy atom. The predicted octanol–water partition coefficient (Wildman–Crippen LogP) is -4.10. The van der Waals surface area contributed by atoms with E-state index in [4.69, 9.17) is 19.2 Å². The van der Waals surface area contributed by atoms with E-state index in [1.54, 1.807) is 0 Å². The van der Waals surface area contributed by atoms with Gasteiger partial charge in [-0.15, -0.1) is 0 Å². The van der Waals surface area contributed by atoms with E-state index >= 15 is 0 Å². The molecule has 0 aromatic heterocycles. The predicted molar refractivity (Wildman–Crippen MR) is 40.5 cm³/mol. The third-order valence-electron chi connectivity index (χ3n) is 0. The molecule has 0 saturated carbocycles. The maximum absolute atomic E-state index is 7.33. The van der Waals surface area contributed by atoms with Crippen molar-refractivity contribution < 1.29 is 24.9 Å². The van der Waals surface area contributed by atoms with Crippen molar-refractivity contribution in [3.05, 3.63) is 0 Å². The Bertz CT molecular complexity index is 42.5. The van der Waals surface area contributed by atoms with Crippen LogP contribution in [0.2, 0.25) is 0 Å². The fraction of sp³-hybridized carbons (Fsp3) is 0. The van der Waals surface area contributed by atoms with Crippen molar-refractivity contribution in [3.63, 3.8) is 0 Å². The summed E-state index contributed by atoms with van der Waals surface area (Å²) in [7, 11) is -4.61. The van der Waals surface area contributed by atoms with Gasteiger partial charge in [0.25, 0.3) is 0 Å². The Kier molecular flexibility index (Phi) is 27.0. The van der Waals surface area contributed by atoms with Crippen LogP contribution < -0.4 is 0 Å². The van der Waals surface area contributed by atoms with Crippen LogP contribution in [-0.2, 0) is 0 Å². The van der Waals surface area contributed by atoms with Gasteiger partial charge in [0.15, 0.2) is 0 Å². The van der Waals surface area contributed by atoms with Crippen molar-refractivity contribution in [1.82, 2.24) is 0 Å². The molecule has 0 aromatic rings. The zero-order chi connectivity index (χ0) is 4.50. The van der Waals surface area contributed by atoms with Crippen molar-refractivity contribution in [2.45, 2.75) is 0 Å². The summed E-state index contributed by atoms with van der Waals surface area (Å²) in [6.07, 6.45) is 0. The van der Waals surface area contributed by atoms with Crippen molar-refractivity contribution in [1.29, 1.82) is 0 Å². The smallest absolute Gasteiger partial charge is 1.00 e. The number of hydrogen-bond acceptors (Lipinski definition) is 4. The van der Waals surface area contributed by atoms with Gasteiger partial charge in [-0.1, -0.05) is 0 Å². The first-order valence-electron chi connectivity index (χ1n) is 0.894. The average Bonchev–Trinajstić information content (AvgIpc) is 0.722. The summed E-state index contributed by atoms with van der Waals surface area (Å²) in [6, 6.07) is 0. The maximum atomic E-state index is 7.33. The van der Waals surface area contributed by atoms with E-state index in [0.29, 0.717) is 0 Å². The standard InChI is InChI=1S/AsH3.Ca.Mg.H4O4Si.4H/c;;;1-5(2,3)4;;;;/h1H3;;;1-4H;;;;/q;2*+2;;4*-1. The monoisotopic (exact) mass is 242 g/mol. The Balaban J connectivity index is -0.00000000381. The van der Waals surface area contributed by atoms with Crippen LogP contribution in [0.5, 0.6) is 0 Å². The van der Waals surface area contributed by atoms with Crippen molar-refractivity contribution in [3.8, 4) is 0 Å². The molecule has 48 valence electrons. The molecule has 4 nitrogen and oxygen atoms in total. The number of hydrogen-bond donors (Lipinski definition) is 4. The first-order valence-corrected chi connectivity index (χ1v) is 2.68. The normalized spacial score (nSPS) is 7.50. The van der Waals surface area contributed by atoms with Gasteiger partial charge in [-0.25, -0.2) is 0 Å². The number of rotatable bonds is 0. The van der Waals surface area contributed by atoms with Crippen LogP contribution in [0.3, 0.4) is 0 Å². The summed E-state index contributed by atoms with van der Waals surface area (Å²) in [5.41, 5.74) is 0. The van der Waals surface area contributed by atoms with Crippen LogP contribution in [0.1, 0.15) is 5.71 Å². The van der Waals surface area contributed by atoms with E-state index in [2.05, 4.69) is 0 Å². The van der Waals surface area contributed by atoms with E-state index in [-0.39, 0.29) is 84.5 Å². The minimum absolute atomic E-state index is 0. The molecular weight excluding hydrogens is 231 g/mol. The first kappa shape index (κ1) is 22.4. The van der Waals surface area contributed by atoms with E-state index in [1.807, 2.05) is 0 Å². The molecule has 0 rings (SSSR count). The molecule has 0 aliphatic carbocycles. The van der Waals surface area contributed by atoms with E-state index in [0.717, 1.165) is 0 Å². The van der Waals surface area contributed by atoms with Gasteiger partial charge < -0.3 is 24.9 Å². The molecule has 0 saturated heterocycles. The van der Waals surface area contributed by atoms with Crippen LogP contribution in [-0.4, -0.2) is 107 Å². The molecule has 8 heavy (non-hydrogen) atoms. The molecule has 8 heteroatoms. The van der Waals surface area contributed by atoms with Gasteiger partial charge in [0.2, 0.25) is 0 Å². The second-order valence-electron chi connectivity index (χ2n) is 0.600. The molecule has 1 atom stereocenters. The van der Waals surface area contributed by atoms with Crippen LogP contribution in [0.4, 0.5) is 0 Å². The van der Waals surface area contributed by atoms with Gasteiger partial charge in [-0.3, -0.25) is 0 Å². The van der Waals surface area contributed by atoms with Crippen LogP contribution in [0.25, 0.3) is 0 Å². The van der Waals surface area contributed by atoms with Gasteiger partial charge in [0.05, 0.1) is 0 Å². The second-order valence-corrected chi connectivity index (χ2v) is 1.80. The Labute approximate surface area is 111 Å². The summed E-state index contributed by atoms with van der Waals surface area (Å²) < 4.78 is 0. The molecule has 0 heterocycles. The van der Waals surface area contributed by atoms with Gasteiger partial charge in [-0.05, 0) is 0 Å². The summed E-state index contributed by atoms with van der Waals surface area (Å²) >= 11 is 0. The Hall–Kier alpha value is 2.64. The third kappa shape index (κ3) is 72.3. The first-order chi connectivity index (χ1) is 2.00. The quantitative estimate of drug-likeness (QED) is 0.326. The molecule has 0 spiro atoms. The van der Waals surface area contributed by atoms with Crippen molar-refractivity contribution in [2.24, 2.45) is 0 Å². The molecule has 1 unspecified atom stereocenters. The maximum Gasteiger partial charge on any atom is 2.00 e.